The van der Waals surface area contributed by atoms with Gasteiger partial charge in [-0.05, 0) is 42.9 Å². The number of thioether (sulfide) groups is 1. The molecule has 4 nitrogen and oxygen atoms in total. The summed E-state index contributed by atoms with van der Waals surface area (Å²) in [7, 11) is 0. The summed E-state index contributed by atoms with van der Waals surface area (Å²) >= 11 is 1.50. The Hall–Kier alpha value is -1.33. The number of carbonyl (C=O) groups excluding carboxylic acids is 2. The number of aliphatic hydroxyl groups excluding tert-OH is 1. The molecule has 0 aliphatic rings. The molecule has 0 radical (unpaired) electrons. The van der Waals surface area contributed by atoms with Gasteiger partial charge in [-0.1, -0.05) is 6.92 Å². The molecule has 0 saturated heterocycles. The zero-order chi connectivity index (χ0) is 14.3. The molecule has 19 heavy (non-hydrogen) atoms. The third-order valence-electron chi connectivity index (χ3n) is 2.52. The smallest absolute Gasteiger partial charge is 0.234 e. The van der Waals surface area contributed by atoms with Gasteiger partial charge >= 0.3 is 0 Å². The first-order chi connectivity index (χ1) is 9.02. The quantitative estimate of drug-likeness (QED) is 0.752. The van der Waals surface area contributed by atoms with Gasteiger partial charge in [0.15, 0.2) is 5.78 Å². The van der Waals surface area contributed by atoms with Crippen LogP contribution in [-0.2, 0) is 4.79 Å². The van der Waals surface area contributed by atoms with Gasteiger partial charge in [-0.25, -0.2) is 0 Å². The van der Waals surface area contributed by atoms with Crippen LogP contribution in [0.15, 0.2) is 24.3 Å². The van der Waals surface area contributed by atoms with E-state index in [1.54, 1.807) is 24.3 Å². The van der Waals surface area contributed by atoms with Crippen LogP contribution in [0.2, 0.25) is 0 Å². The average molecular weight is 281 g/mol. The molecule has 0 aliphatic heterocycles. The highest BCUT2D eigenvalue weighted by Gasteiger charge is 2.06. The third-order valence-corrected chi connectivity index (χ3v) is 3.79. The largest absolute Gasteiger partial charge is 0.396 e. The van der Waals surface area contributed by atoms with E-state index in [0.717, 1.165) is 5.75 Å². The summed E-state index contributed by atoms with van der Waals surface area (Å²) in [6, 6.07) is 6.82. The number of hydrogen-bond donors (Lipinski definition) is 2. The lowest BCUT2D eigenvalue weighted by Gasteiger charge is -2.08. The van der Waals surface area contributed by atoms with Crippen LogP contribution in [0, 0.1) is 5.92 Å². The lowest BCUT2D eigenvalue weighted by Crippen LogP contribution is -2.15. The van der Waals surface area contributed by atoms with Crippen LogP contribution in [0.5, 0.6) is 0 Å². The van der Waals surface area contributed by atoms with E-state index in [0.29, 0.717) is 17.0 Å². The summed E-state index contributed by atoms with van der Waals surface area (Å²) in [5.74, 6) is 1.25. The molecule has 0 fully saturated rings. The fourth-order valence-electron chi connectivity index (χ4n) is 1.39. The molecule has 1 unspecified atom stereocenters. The highest BCUT2D eigenvalue weighted by Crippen LogP contribution is 2.12. The second-order valence-electron chi connectivity index (χ2n) is 4.48. The summed E-state index contributed by atoms with van der Waals surface area (Å²) in [6.07, 6.45) is 0. The second kappa shape index (κ2) is 7.96. The van der Waals surface area contributed by atoms with Crippen LogP contribution < -0.4 is 5.32 Å². The number of carbonyl (C=O) groups is 2. The van der Waals surface area contributed by atoms with Crippen LogP contribution in [0.25, 0.3) is 0 Å². The molecule has 0 saturated carbocycles. The van der Waals surface area contributed by atoms with Crippen LogP contribution in [-0.4, -0.2) is 34.9 Å². The van der Waals surface area contributed by atoms with Gasteiger partial charge in [0, 0.05) is 17.9 Å². The number of hydrogen-bond acceptors (Lipinski definition) is 4. The van der Waals surface area contributed by atoms with E-state index in [4.69, 9.17) is 5.11 Å². The Labute approximate surface area is 117 Å². The SMILES string of the molecule is CC(=O)c1ccc(NC(=O)CSCC(C)CO)cc1. The maximum absolute atomic E-state index is 11.6. The van der Waals surface area contributed by atoms with Crippen LogP contribution in [0.1, 0.15) is 24.2 Å². The molecule has 0 heterocycles. The van der Waals surface area contributed by atoms with Gasteiger partial charge in [0.2, 0.25) is 5.91 Å². The molecule has 1 rings (SSSR count). The summed E-state index contributed by atoms with van der Waals surface area (Å²) in [5, 5.41) is 11.6. The van der Waals surface area contributed by atoms with Crippen molar-refractivity contribution in [3.05, 3.63) is 29.8 Å². The van der Waals surface area contributed by atoms with Crippen molar-refractivity contribution in [2.75, 3.05) is 23.4 Å². The Morgan fingerprint density at radius 1 is 1.32 bits per heavy atom. The van der Waals surface area contributed by atoms with Gasteiger partial charge in [-0.2, -0.15) is 11.8 Å². The first-order valence-corrected chi connectivity index (χ1v) is 7.28. The maximum Gasteiger partial charge on any atom is 0.234 e. The molecule has 2 N–H and O–H groups in total. The van der Waals surface area contributed by atoms with Crippen molar-refractivity contribution in [2.45, 2.75) is 13.8 Å². The topological polar surface area (TPSA) is 66.4 Å². The van der Waals surface area contributed by atoms with Crippen LogP contribution in [0.4, 0.5) is 5.69 Å². The van der Waals surface area contributed by atoms with Crippen molar-refractivity contribution in [3.8, 4) is 0 Å². The van der Waals surface area contributed by atoms with Gasteiger partial charge < -0.3 is 10.4 Å². The molecular formula is C14H19NO3S. The van der Waals surface area contributed by atoms with Gasteiger partial charge in [-0.3, -0.25) is 9.59 Å². The molecule has 5 heteroatoms. The van der Waals surface area contributed by atoms with E-state index in [-0.39, 0.29) is 24.2 Å². The number of Topliss-reactive ketones (excluding diaryl/α,β-unsaturated/α-hetero) is 1. The van der Waals surface area contributed by atoms with E-state index in [1.807, 2.05) is 6.92 Å². The molecule has 1 aromatic rings. The molecule has 0 aliphatic carbocycles. The first kappa shape index (κ1) is 15.7. The lowest BCUT2D eigenvalue weighted by molar-refractivity contribution is -0.113. The van der Waals surface area contributed by atoms with E-state index >= 15 is 0 Å². The first-order valence-electron chi connectivity index (χ1n) is 6.12. The molecule has 1 atom stereocenters. The standard InChI is InChI=1S/C14H19NO3S/c1-10(7-16)8-19-9-14(18)15-13-5-3-12(4-6-13)11(2)17/h3-6,10,16H,7-9H2,1-2H3,(H,15,18). The Balaban J connectivity index is 2.38. The fraction of sp³-hybridized carbons (Fsp3) is 0.429. The van der Waals surface area contributed by atoms with Crippen molar-refractivity contribution < 1.29 is 14.7 Å². The summed E-state index contributed by atoms with van der Waals surface area (Å²) in [4.78, 5) is 22.7. The van der Waals surface area contributed by atoms with Gasteiger partial charge in [0.05, 0.1) is 5.75 Å². The van der Waals surface area contributed by atoms with E-state index in [9.17, 15) is 9.59 Å². The van der Waals surface area contributed by atoms with Crippen LogP contribution in [0.3, 0.4) is 0 Å². The van der Waals surface area contributed by atoms with E-state index in [1.165, 1.54) is 18.7 Å². The van der Waals surface area contributed by atoms with Crippen molar-refractivity contribution in [1.29, 1.82) is 0 Å². The highest BCUT2D eigenvalue weighted by atomic mass is 32.2. The minimum atomic E-state index is -0.0780. The van der Waals surface area contributed by atoms with Gasteiger partial charge in [-0.15, -0.1) is 0 Å². The normalized spacial score (nSPS) is 11.9. The average Bonchev–Trinajstić information content (AvgIpc) is 2.39. The maximum atomic E-state index is 11.6. The summed E-state index contributed by atoms with van der Waals surface area (Å²) in [6.45, 7) is 3.58. The number of amides is 1. The number of aliphatic hydroxyl groups is 1. The summed E-state index contributed by atoms with van der Waals surface area (Å²) in [5.41, 5.74) is 1.31. The van der Waals surface area contributed by atoms with Crippen molar-refractivity contribution in [2.24, 2.45) is 5.92 Å². The molecule has 0 spiro atoms. The molecule has 0 bridgehead atoms. The van der Waals surface area contributed by atoms with E-state index in [2.05, 4.69) is 5.32 Å². The van der Waals surface area contributed by atoms with Gasteiger partial charge in [0.1, 0.15) is 0 Å². The fourth-order valence-corrected chi connectivity index (χ4v) is 2.27. The van der Waals surface area contributed by atoms with Crippen molar-refractivity contribution in [1.82, 2.24) is 0 Å². The number of ketones is 1. The Morgan fingerprint density at radius 3 is 2.47 bits per heavy atom. The monoisotopic (exact) mass is 281 g/mol. The predicted octanol–water partition coefficient (Wildman–Crippen LogP) is 2.19. The Kier molecular flexibility index (Phi) is 6.59. The number of anilines is 1. The van der Waals surface area contributed by atoms with E-state index < -0.39 is 0 Å². The highest BCUT2D eigenvalue weighted by molar-refractivity contribution is 7.99. The summed E-state index contributed by atoms with van der Waals surface area (Å²) < 4.78 is 0. The minimum absolute atomic E-state index is 0.00595. The zero-order valence-electron chi connectivity index (χ0n) is 11.2. The Bertz CT molecular complexity index is 431. The van der Waals surface area contributed by atoms with Crippen molar-refractivity contribution >= 4 is 29.1 Å². The number of nitrogens with one attached hydrogen (secondary N) is 1. The molecule has 0 aromatic heterocycles. The van der Waals surface area contributed by atoms with Gasteiger partial charge in [0.25, 0.3) is 0 Å². The third kappa shape index (κ3) is 5.89. The zero-order valence-corrected chi connectivity index (χ0v) is 12.0. The van der Waals surface area contributed by atoms with Crippen molar-refractivity contribution in [3.63, 3.8) is 0 Å². The number of benzene rings is 1. The molecular weight excluding hydrogens is 262 g/mol. The van der Waals surface area contributed by atoms with Crippen LogP contribution >= 0.6 is 11.8 Å². The molecule has 104 valence electrons. The molecule has 1 amide bonds. The second-order valence-corrected chi connectivity index (χ2v) is 5.51. The lowest BCUT2D eigenvalue weighted by atomic mass is 10.1. The predicted molar refractivity (Wildman–Crippen MR) is 78.7 cm³/mol. The molecule has 1 aromatic carbocycles. The Morgan fingerprint density at radius 2 is 1.95 bits per heavy atom. The number of rotatable bonds is 7. The minimum Gasteiger partial charge on any atom is -0.396 e.